The first-order valence-electron chi connectivity index (χ1n) is 3.35. The van der Waals surface area contributed by atoms with E-state index in [9.17, 15) is 13.6 Å². The molecule has 4 nitrogen and oxygen atoms in total. The number of alkyl halides is 2. The predicted molar refractivity (Wildman–Crippen MR) is 43.9 cm³/mol. The molecule has 0 radical (unpaired) electrons. The van der Waals surface area contributed by atoms with Crippen LogP contribution >= 0.6 is 11.3 Å². The maximum atomic E-state index is 12.5. The summed E-state index contributed by atoms with van der Waals surface area (Å²) < 4.78 is 25.0. The number of halogens is 2. The van der Waals surface area contributed by atoms with Crippen molar-refractivity contribution < 1.29 is 13.6 Å². The lowest BCUT2D eigenvalue weighted by Crippen LogP contribution is -2.39. The Kier molecular flexibility index (Phi) is 2.55. The molecule has 7 heteroatoms. The molecule has 0 fully saturated rings. The molecule has 1 amide bonds. The number of carbonyl (C=O) groups is 1. The lowest BCUT2D eigenvalue weighted by Gasteiger charge is -2.17. The molecule has 0 aromatic carbocycles. The molecule has 0 aliphatic carbocycles. The van der Waals surface area contributed by atoms with Gasteiger partial charge in [-0.15, -0.1) is 10.2 Å². The van der Waals surface area contributed by atoms with Gasteiger partial charge in [0.1, 0.15) is 5.51 Å². The molecule has 1 heterocycles. The van der Waals surface area contributed by atoms with Crippen LogP contribution in [0.2, 0.25) is 0 Å². The molecule has 0 saturated heterocycles. The van der Waals surface area contributed by atoms with Gasteiger partial charge < -0.3 is 0 Å². The normalized spacial score (nSPS) is 11.4. The van der Waals surface area contributed by atoms with Crippen molar-refractivity contribution in [1.82, 2.24) is 10.2 Å². The van der Waals surface area contributed by atoms with E-state index in [-0.39, 0.29) is 5.13 Å². The van der Waals surface area contributed by atoms with Gasteiger partial charge in [0.05, 0.1) is 0 Å². The van der Waals surface area contributed by atoms with Crippen LogP contribution < -0.4 is 4.90 Å². The topological polar surface area (TPSA) is 46.1 Å². The third-order valence-electron chi connectivity index (χ3n) is 1.32. The van der Waals surface area contributed by atoms with Crippen LogP contribution in [0.25, 0.3) is 0 Å². The van der Waals surface area contributed by atoms with Gasteiger partial charge in [-0.3, -0.25) is 9.69 Å². The molecule has 0 atom stereocenters. The Bertz CT molecular complexity index is 295. The lowest BCUT2D eigenvalue weighted by atomic mass is 10.3. The maximum absolute atomic E-state index is 12.5. The molecule has 0 bridgehead atoms. The summed E-state index contributed by atoms with van der Waals surface area (Å²) in [4.78, 5) is 11.8. The Morgan fingerprint density at radius 3 is 2.69 bits per heavy atom. The second kappa shape index (κ2) is 3.33. The number of hydrogen-bond acceptors (Lipinski definition) is 4. The van der Waals surface area contributed by atoms with Gasteiger partial charge in [0.15, 0.2) is 0 Å². The van der Waals surface area contributed by atoms with Gasteiger partial charge in [-0.1, -0.05) is 11.3 Å². The summed E-state index contributed by atoms with van der Waals surface area (Å²) in [7, 11) is 1.24. The molecule has 0 aliphatic rings. The first-order chi connectivity index (χ1) is 5.93. The SMILES string of the molecule is CN(C(=O)C(C)(F)F)c1nncs1. The van der Waals surface area contributed by atoms with E-state index in [1.807, 2.05) is 0 Å². The Morgan fingerprint density at radius 2 is 2.31 bits per heavy atom. The molecule has 0 unspecified atom stereocenters. The number of hydrogen-bond donors (Lipinski definition) is 0. The number of anilines is 1. The molecular weight excluding hydrogens is 200 g/mol. The second-order valence-electron chi connectivity index (χ2n) is 2.47. The van der Waals surface area contributed by atoms with E-state index < -0.39 is 11.8 Å². The van der Waals surface area contributed by atoms with Crippen LogP contribution in [0.4, 0.5) is 13.9 Å². The van der Waals surface area contributed by atoms with Crippen LogP contribution in [-0.4, -0.2) is 29.1 Å². The summed E-state index contributed by atoms with van der Waals surface area (Å²) in [6.07, 6.45) is 0. The van der Waals surface area contributed by atoms with Crippen molar-refractivity contribution in [1.29, 1.82) is 0 Å². The first-order valence-corrected chi connectivity index (χ1v) is 4.23. The molecule has 0 N–H and O–H groups in total. The summed E-state index contributed by atoms with van der Waals surface area (Å²) in [5.74, 6) is -4.66. The van der Waals surface area contributed by atoms with E-state index in [1.165, 1.54) is 12.6 Å². The standard InChI is InChI=1S/C6H7F2N3OS/c1-6(7,8)4(12)11(2)5-10-9-3-13-5/h3H,1-2H3. The van der Waals surface area contributed by atoms with E-state index in [2.05, 4.69) is 10.2 Å². The highest BCUT2D eigenvalue weighted by atomic mass is 32.1. The van der Waals surface area contributed by atoms with Crippen LogP contribution in [0.5, 0.6) is 0 Å². The van der Waals surface area contributed by atoms with Crippen molar-refractivity contribution in [2.75, 3.05) is 11.9 Å². The number of aromatic nitrogens is 2. The van der Waals surface area contributed by atoms with Gasteiger partial charge in [0.25, 0.3) is 5.91 Å². The van der Waals surface area contributed by atoms with Crippen molar-refractivity contribution in [2.24, 2.45) is 0 Å². The molecule has 13 heavy (non-hydrogen) atoms. The van der Waals surface area contributed by atoms with E-state index in [0.29, 0.717) is 6.92 Å². The summed E-state index contributed by atoms with van der Waals surface area (Å²) in [6.45, 7) is 0.548. The molecule has 1 aromatic heterocycles. The monoisotopic (exact) mass is 207 g/mol. The molecule has 0 aliphatic heterocycles. The van der Waals surface area contributed by atoms with Gasteiger partial charge >= 0.3 is 5.92 Å². The minimum Gasteiger partial charge on any atom is -0.285 e. The maximum Gasteiger partial charge on any atom is 0.322 e. The van der Waals surface area contributed by atoms with Crippen molar-refractivity contribution in [3.05, 3.63) is 5.51 Å². The summed E-state index contributed by atoms with van der Waals surface area (Å²) in [5.41, 5.74) is 1.37. The fourth-order valence-electron chi connectivity index (χ4n) is 0.695. The fourth-order valence-corrected chi connectivity index (χ4v) is 1.22. The van der Waals surface area contributed by atoms with Crippen molar-refractivity contribution in [2.45, 2.75) is 12.8 Å². The van der Waals surface area contributed by atoms with E-state index in [1.54, 1.807) is 0 Å². The van der Waals surface area contributed by atoms with Crippen LogP contribution in [0.3, 0.4) is 0 Å². The molecular formula is C6H7F2N3OS. The van der Waals surface area contributed by atoms with Gasteiger partial charge in [-0.05, 0) is 0 Å². The summed E-state index contributed by atoms with van der Waals surface area (Å²) >= 11 is 1.02. The zero-order valence-electron chi connectivity index (χ0n) is 6.99. The van der Waals surface area contributed by atoms with Crippen molar-refractivity contribution >= 4 is 22.4 Å². The van der Waals surface area contributed by atoms with Gasteiger partial charge in [0.2, 0.25) is 5.13 Å². The number of nitrogens with zero attached hydrogens (tertiary/aromatic N) is 3. The minimum absolute atomic E-state index is 0.159. The fraction of sp³-hybridized carbons (Fsp3) is 0.500. The summed E-state index contributed by atoms with van der Waals surface area (Å²) in [6, 6.07) is 0. The Hall–Kier alpha value is -1.11. The van der Waals surface area contributed by atoms with E-state index >= 15 is 0 Å². The highest BCUT2D eigenvalue weighted by Gasteiger charge is 2.36. The van der Waals surface area contributed by atoms with Gasteiger partial charge in [-0.2, -0.15) is 8.78 Å². The highest BCUT2D eigenvalue weighted by molar-refractivity contribution is 7.13. The predicted octanol–water partition coefficient (Wildman–Crippen LogP) is 1.16. The number of amides is 1. The molecule has 0 saturated carbocycles. The highest BCUT2D eigenvalue weighted by Crippen LogP contribution is 2.21. The number of rotatable bonds is 2. The van der Waals surface area contributed by atoms with Crippen molar-refractivity contribution in [3.8, 4) is 0 Å². The molecule has 1 rings (SSSR count). The lowest BCUT2D eigenvalue weighted by molar-refractivity contribution is -0.139. The van der Waals surface area contributed by atoms with E-state index in [4.69, 9.17) is 0 Å². The third-order valence-corrected chi connectivity index (χ3v) is 2.08. The third kappa shape index (κ3) is 2.18. The summed E-state index contributed by atoms with van der Waals surface area (Å²) in [5, 5.41) is 7.09. The quantitative estimate of drug-likeness (QED) is 0.731. The van der Waals surface area contributed by atoms with Crippen LogP contribution in [0.15, 0.2) is 5.51 Å². The average molecular weight is 207 g/mol. The smallest absolute Gasteiger partial charge is 0.285 e. The van der Waals surface area contributed by atoms with Crippen LogP contribution in [0, 0.1) is 0 Å². The molecule has 72 valence electrons. The van der Waals surface area contributed by atoms with Crippen LogP contribution in [0.1, 0.15) is 6.92 Å². The van der Waals surface area contributed by atoms with Gasteiger partial charge in [-0.25, -0.2) is 0 Å². The van der Waals surface area contributed by atoms with Gasteiger partial charge in [0, 0.05) is 14.0 Å². The van der Waals surface area contributed by atoms with Crippen LogP contribution in [-0.2, 0) is 4.79 Å². The molecule has 1 aromatic rings. The Labute approximate surface area is 77.2 Å². The van der Waals surface area contributed by atoms with E-state index in [0.717, 1.165) is 16.2 Å². The minimum atomic E-state index is -3.37. The number of carbonyl (C=O) groups excluding carboxylic acids is 1. The zero-order chi connectivity index (χ0) is 10.1. The largest absolute Gasteiger partial charge is 0.322 e. The Morgan fingerprint density at radius 1 is 1.69 bits per heavy atom. The second-order valence-corrected chi connectivity index (χ2v) is 3.29. The van der Waals surface area contributed by atoms with Crippen molar-refractivity contribution in [3.63, 3.8) is 0 Å². The molecule has 0 spiro atoms. The first kappa shape index (κ1) is 9.97. The Balaban J connectivity index is 2.81. The zero-order valence-corrected chi connectivity index (χ0v) is 7.81. The average Bonchev–Trinajstić information content (AvgIpc) is 2.51.